The van der Waals surface area contributed by atoms with Crippen LogP contribution in [0, 0.1) is 6.92 Å². The van der Waals surface area contributed by atoms with E-state index in [1.165, 1.54) is 15.6 Å². The fraction of sp³-hybridized carbons (Fsp3) is 0.286. The minimum absolute atomic E-state index is 0.377. The van der Waals surface area contributed by atoms with Crippen LogP contribution in [0.3, 0.4) is 0 Å². The first-order chi connectivity index (χ1) is 9.95. The van der Waals surface area contributed by atoms with Gasteiger partial charge in [-0.05, 0) is 34.5 Å². The molecule has 0 unspecified atom stereocenters. The molecule has 0 saturated heterocycles. The number of halogens is 2. The highest BCUT2D eigenvalue weighted by Gasteiger charge is 2.27. The Kier molecular flexibility index (Phi) is 6.02. The van der Waals surface area contributed by atoms with Gasteiger partial charge in [-0.2, -0.15) is 4.31 Å². The third-order valence-electron chi connectivity index (χ3n) is 3.00. The Labute approximate surface area is 146 Å². The van der Waals surface area contributed by atoms with Crippen molar-refractivity contribution in [3.8, 4) is 0 Å². The van der Waals surface area contributed by atoms with Crippen molar-refractivity contribution < 1.29 is 8.42 Å². The number of benzene rings is 1. The van der Waals surface area contributed by atoms with E-state index in [1.54, 1.807) is 6.07 Å². The van der Waals surface area contributed by atoms with Crippen LogP contribution in [-0.2, 0) is 16.6 Å². The number of hydrogen-bond donors (Lipinski definition) is 0. The van der Waals surface area contributed by atoms with E-state index in [0.717, 1.165) is 14.2 Å². The molecule has 3 nitrogen and oxygen atoms in total. The molecule has 0 fully saturated rings. The summed E-state index contributed by atoms with van der Waals surface area (Å²) in [6, 6.07) is 11.3. The summed E-state index contributed by atoms with van der Waals surface area (Å²) in [5.41, 5.74) is 0.981. The van der Waals surface area contributed by atoms with Crippen LogP contribution in [0.25, 0.3) is 0 Å². The van der Waals surface area contributed by atoms with E-state index in [4.69, 9.17) is 0 Å². The summed E-state index contributed by atoms with van der Waals surface area (Å²) in [6.07, 6.45) is 0. The molecular formula is C14H15Br2NO2S2. The van der Waals surface area contributed by atoms with Gasteiger partial charge in [0, 0.05) is 23.3 Å². The lowest BCUT2D eigenvalue weighted by atomic mass is 10.2. The zero-order valence-corrected chi connectivity index (χ0v) is 16.2. The van der Waals surface area contributed by atoms with Crippen LogP contribution in [0.5, 0.6) is 0 Å². The summed E-state index contributed by atoms with van der Waals surface area (Å²) in [6.45, 7) is 2.64. The average Bonchev–Trinajstić information content (AvgIpc) is 2.79. The summed E-state index contributed by atoms with van der Waals surface area (Å²) in [5, 5.41) is 0.601. The molecule has 2 aromatic rings. The van der Waals surface area contributed by atoms with Crippen molar-refractivity contribution in [2.45, 2.75) is 18.4 Å². The Morgan fingerprint density at radius 2 is 1.90 bits per heavy atom. The van der Waals surface area contributed by atoms with E-state index in [9.17, 15) is 8.42 Å². The van der Waals surface area contributed by atoms with Crippen molar-refractivity contribution in [2.24, 2.45) is 0 Å². The lowest BCUT2D eigenvalue weighted by Gasteiger charge is -2.21. The van der Waals surface area contributed by atoms with Gasteiger partial charge < -0.3 is 0 Å². The van der Waals surface area contributed by atoms with Gasteiger partial charge in [0.2, 0.25) is 10.0 Å². The highest BCUT2D eigenvalue weighted by Crippen LogP contribution is 2.32. The molecule has 0 bridgehead atoms. The first-order valence-electron chi connectivity index (χ1n) is 6.31. The molecule has 0 amide bonds. The Bertz CT molecular complexity index is 699. The predicted octanol–water partition coefficient (Wildman–Crippen LogP) is 4.40. The van der Waals surface area contributed by atoms with E-state index in [-0.39, 0.29) is 0 Å². The van der Waals surface area contributed by atoms with Crippen LogP contribution in [-0.4, -0.2) is 24.6 Å². The normalized spacial score (nSPS) is 12.0. The van der Waals surface area contributed by atoms with Crippen LogP contribution in [0.15, 0.2) is 45.1 Å². The number of rotatable bonds is 6. The van der Waals surface area contributed by atoms with Crippen LogP contribution >= 0.6 is 43.2 Å². The van der Waals surface area contributed by atoms with Crippen molar-refractivity contribution in [1.82, 2.24) is 4.31 Å². The van der Waals surface area contributed by atoms with Gasteiger partial charge in [-0.3, -0.25) is 0 Å². The Balaban J connectivity index is 2.35. The van der Waals surface area contributed by atoms with E-state index in [0.29, 0.717) is 23.3 Å². The lowest BCUT2D eigenvalue weighted by molar-refractivity contribution is 0.426. The zero-order chi connectivity index (χ0) is 15.5. The third-order valence-corrected chi connectivity index (χ3v) is 7.00. The summed E-state index contributed by atoms with van der Waals surface area (Å²) in [7, 11) is -3.49. The zero-order valence-electron chi connectivity index (χ0n) is 11.4. The molecule has 1 aromatic heterocycles. The number of thiophene rings is 1. The quantitative estimate of drug-likeness (QED) is 0.609. The van der Waals surface area contributed by atoms with Gasteiger partial charge in [0.1, 0.15) is 0 Å². The number of nitrogens with zero attached hydrogens (tertiary/aromatic N) is 1. The van der Waals surface area contributed by atoms with E-state index in [2.05, 4.69) is 31.9 Å². The maximum Gasteiger partial charge on any atom is 0.244 e. The topological polar surface area (TPSA) is 37.4 Å². The minimum atomic E-state index is -3.49. The van der Waals surface area contributed by atoms with Crippen molar-refractivity contribution in [1.29, 1.82) is 0 Å². The molecule has 0 spiro atoms. The second kappa shape index (κ2) is 7.37. The molecule has 0 aliphatic carbocycles. The van der Waals surface area contributed by atoms with Crippen LogP contribution in [0.1, 0.15) is 10.4 Å². The smallest absolute Gasteiger partial charge is 0.207 e. The first kappa shape index (κ1) is 17.1. The van der Waals surface area contributed by atoms with Gasteiger partial charge in [-0.15, -0.1) is 11.3 Å². The van der Waals surface area contributed by atoms with Crippen LogP contribution in [0.2, 0.25) is 0 Å². The second-order valence-corrected chi connectivity index (χ2v) is 9.82. The van der Waals surface area contributed by atoms with Gasteiger partial charge >= 0.3 is 0 Å². The van der Waals surface area contributed by atoms with Gasteiger partial charge in [0.05, 0.1) is 8.68 Å². The molecule has 7 heteroatoms. The molecule has 21 heavy (non-hydrogen) atoms. The second-order valence-electron chi connectivity index (χ2n) is 4.48. The van der Waals surface area contributed by atoms with Crippen LogP contribution in [0.4, 0.5) is 0 Å². The molecule has 114 valence electrons. The molecule has 0 atom stereocenters. The van der Waals surface area contributed by atoms with Gasteiger partial charge in [-0.25, -0.2) is 8.42 Å². The van der Waals surface area contributed by atoms with Gasteiger partial charge in [0.15, 0.2) is 0 Å². The standard InChI is InChI=1S/C14H15Br2NO2S2/c1-11-13(9-14(16)20-11)21(18,19)17(8-7-15)10-12-5-3-2-4-6-12/h2-6,9H,7-8,10H2,1H3. The monoisotopic (exact) mass is 451 g/mol. The third kappa shape index (κ3) is 4.16. The molecule has 2 rings (SSSR count). The number of alkyl halides is 1. The average molecular weight is 453 g/mol. The Hall–Kier alpha value is -0.210. The molecule has 0 saturated carbocycles. The summed E-state index contributed by atoms with van der Waals surface area (Å²) >= 11 is 8.13. The maximum absolute atomic E-state index is 12.9. The lowest BCUT2D eigenvalue weighted by Crippen LogP contribution is -2.32. The van der Waals surface area contributed by atoms with E-state index in [1.807, 2.05) is 37.3 Å². The maximum atomic E-state index is 12.9. The molecular weight excluding hydrogens is 438 g/mol. The van der Waals surface area contributed by atoms with Gasteiger partial charge in [0.25, 0.3) is 0 Å². The summed E-state index contributed by atoms with van der Waals surface area (Å²) in [5.74, 6) is 0. The number of sulfonamides is 1. The van der Waals surface area contributed by atoms with Gasteiger partial charge in [-0.1, -0.05) is 46.3 Å². The molecule has 1 heterocycles. The highest BCUT2D eigenvalue weighted by atomic mass is 79.9. The van der Waals surface area contributed by atoms with E-state index < -0.39 is 10.0 Å². The molecule has 1 aromatic carbocycles. The molecule has 0 aliphatic heterocycles. The SMILES string of the molecule is Cc1sc(Br)cc1S(=O)(=O)N(CCBr)Cc1ccccc1. The molecule has 0 aliphatic rings. The van der Waals surface area contributed by atoms with E-state index >= 15 is 0 Å². The summed E-state index contributed by atoms with van der Waals surface area (Å²) in [4.78, 5) is 1.19. The fourth-order valence-corrected chi connectivity index (χ4v) is 6.47. The Morgan fingerprint density at radius 1 is 1.24 bits per heavy atom. The van der Waals surface area contributed by atoms with Crippen molar-refractivity contribution in [3.63, 3.8) is 0 Å². The van der Waals surface area contributed by atoms with Crippen molar-refractivity contribution in [2.75, 3.05) is 11.9 Å². The van der Waals surface area contributed by atoms with Crippen LogP contribution < -0.4 is 0 Å². The molecule has 0 radical (unpaired) electrons. The largest absolute Gasteiger partial charge is 0.244 e. The minimum Gasteiger partial charge on any atom is -0.207 e. The predicted molar refractivity (Wildman–Crippen MR) is 94.6 cm³/mol. The highest BCUT2D eigenvalue weighted by molar-refractivity contribution is 9.11. The number of aryl methyl sites for hydroxylation is 1. The van der Waals surface area contributed by atoms with Crippen molar-refractivity contribution in [3.05, 3.63) is 50.6 Å². The fourth-order valence-electron chi connectivity index (χ4n) is 1.99. The first-order valence-corrected chi connectivity index (χ1v) is 10.5. The summed E-state index contributed by atoms with van der Waals surface area (Å²) < 4.78 is 28.0. The molecule has 0 N–H and O–H groups in total. The number of hydrogen-bond acceptors (Lipinski definition) is 3. The Morgan fingerprint density at radius 3 is 2.43 bits per heavy atom. The van der Waals surface area contributed by atoms with Crippen molar-refractivity contribution >= 4 is 53.2 Å².